The molecular formula is C17H22O. The zero-order chi connectivity index (χ0) is 13.0. The maximum atomic E-state index is 10.6. The van der Waals surface area contributed by atoms with Gasteiger partial charge in [0, 0.05) is 0 Å². The van der Waals surface area contributed by atoms with E-state index in [-0.39, 0.29) is 0 Å². The summed E-state index contributed by atoms with van der Waals surface area (Å²) in [6.45, 7) is 4.11. The molecule has 1 nitrogen and oxygen atoms in total. The third-order valence-corrected chi connectivity index (χ3v) is 3.64. The van der Waals surface area contributed by atoms with Gasteiger partial charge in [0.05, 0.1) is 5.60 Å². The van der Waals surface area contributed by atoms with E-state index in [2.05, 4.69) is 31.2 Å². The lowest BCUT2D eigenvalue weighted by Gasteiger charge is -2.24. The van der Waals surface area contributed by atoms with Crippen LogP contribution in [0.15, 0.2) is 42.5 Å². The Bertz CT molecular complexity index is 514. The molecule has 1 heteroatoms. The van der Waals surface area contributed by atoms with Crippen molar-refractivity contribution in [1.82, 2.24) is 0 Å². The summed E-state index contributed by atoms with van der Waals surface area (Å²) in [5.74, 6) is 0. The number of benzene rings is 2. The van der Waals surface area contributed by atoms with Gasteiger partial charge in [-0.15, -0.1) is 0 Å². The maximum absolute atomic E-state index is 10.6. The fourth-order valence-electron chi connectivity index (χ4n) is 2.39. The van der Waals surface area contributed by atoms with Crippen LogP contribution in [0.3, 0.4) is 0 Å². The second-order valence-corrected chi connectivity index (χ2v) is 5.29. The van der Waals surface area contributed by atoms with E-state index in [1.807, 2.05) is 25.1 Å². The van der Waals surface area contributed by atoms with Crippen molar-refractivity contribution in [2.45, 2.75) is 45.1 Å². The normalized spacial score (nSPS) is 14.6. The van der Waals surface area contributed by atoms with Crippen LogP contribution in [0.2, 0.25) is 0 Å². The fourth-order valence-corrected chi connectivity index (χ4v) is 2.39. The largest absolute Gasteiger partial charge is 0.385 e. The van der Waals surface area contributed by atoms with Crippen LogP contribution in [0.1, 0.15) is 45.1 Å². The molecule has 0 aliphatic carbocycles. The molecule has 0 amide bonds. The summed E-state index contributed by atoms with van der Waals surface area (Å²) in [5.41, 5.74) is 0.316. The first-order valence-electron chi connectivity index (χ1n) is 6.85. The maximum Gasteiger partial charge on any atom is 0.0868 e. The lowest BCUT2D eigenvalue weighted by atomic mass is 9.89. The number of unbranched alkanes of at least 4 members (excludes halogenated alkanes) is 2. The third kappa shape index (κ3) is 2.91. The number of rotatable bonds is 5. The second-order valence-electron chi connectivity index (χ2n) is 5.29. The van der Waals surface area contributed by atoms with E-state index >= 15 is 0 Å². The summed E-state index contributed by atoms with van der Waals surface area (Å²) in [4.78, 5) is 0. The second kappa shape index (κ2) is 5.53. The van der Waals surface area contributed by atoms with Gasteiger partial charge in [0.1, 0.15) is 0 Å². The molecule has 0 aliphatic heterocycles. The average molecular weight is 242 g/mol. The minimum atomic E-state index is -0.709. The van der Waals surface area contributed by atoms with Gasteiger partial charge in [-0.05, 0) is 35.7 Å². The van der Waals surface area contributed by atoms with Crippen LogP contribution in [0, 0.1) is 0 Å². The predicted molar refractivity (Wildman–Crippen MR) is 77.7 cm³/mol. The first kappa shape index (κ1) is 13.1. The zero-order valence-electron chi connectivity index (χ0n) is 11.3. The molecule has 0 saturated heterocycles. The summed E-state index contributed by atoms with van der Waals surface area (Å²) in [7, 11) is 0. The Kier molecular flexibility index (Phi) is 4.03. The van der Waals surface area contributed by atoms with Gasteiger partial charge in [0.25, 0.3) is 0 Å². The summed E-state index contributed by atoms with van der Waals surface area (Å²) < 4.78 is 0. The van der Waals surface area contributed by atoms with Crippen LogP contribution in [0.4, 0.5) is 0 Å². The summed E-state index contributed by atoms with van der Waals surface area (Å²) in [6.07, 6.45) is 4.28. The molecule has 2 aromatic carbocycles. The van der Waals surface area contributed by atoms with Gasteiger partial charge in [-0.2, -0.15) is 0 Å². The molecule has 0 aliphatic rings. The first-order valence-corrected chi connectivity index (χ1v) is 6.85. The standard InChI is InChI=1S/C17H22O/c1-3-4-7-12-17(2,18)16-11-10-14-8-5-6-9-15(14)13-16/h5-6,8-11,13,18H,3-4,7,12H2,1-2H3. The van der Waals surface area contributed by atoms with Gasteiger partial charge in [0.15, 0.2) is 0 Å². The van der Waals surface area contributed by atoms with E-state index in [9.17, 15) is 5.11 Å². The van der Waals surface area contributed by atoms with E-state index in [1.54, 1.807) is 0 Å². The van der Waals surface area contributed by atoms with E-state index < -0.39 is 5.60 Å². The molecule has 0 radical (unpaired) electrons. The molecule has 0 fully saturated rings. The molecule has 2 rings (SSSR count). The van der Waals surface area contributed by atoms with Crippen molar-refractivity contribution in [3.05, 3.63) is 48.0 Å². The van der Waals surface area contributed by atoms with Crippen molar-refractivity contribution >= 4 is 10.8 Å². The molecule has 18 heavy (non-hydrogen) atoms. The summed E-state index contributed by atoms with van der Waals surface area (Å²) >= 11 is 0. The van der Waals surface area contributed by atoms with Crippen LogP contribution >= 0.6 is 0 Å². The Morgan fingerprint density at radius 2 is 1.72 bits per heavy atom. The van der Waals surface area contributed by atoms with Crippen LogP contribution in [0.5, 0.6) is 0 Å². The van der Waals surface area contributed by atoms with Gasteiger partial charge in [0.2, 0.25) is 0 Å². The van der Waals surface area contributed by atoms with E-state index in [1.165, 1.54) is 23.6 Å². The van der Waals surface area contributed by atoms with Crippen molar-refractivity contribution in [2.75, 3.05) is 0 Å². The zero-order valence-corrected chi connectivity index (χ0v) is 11.3. The van der Waals surface area contributed by atoms with Crippen LogP contribution < -0.4 is 0 Å². The van der Waals surface area contributed by atoms with Crippen molar-refractivity contribution in [2.24, 2.45) is 0 Å². The summed E-state index contributed by atoms with van der Waals surface area (Å²) in [6, 6.07) is 14.5. The average Bonchev–Trinajstić information content (AvgIpc) is 2.38. The van der Waals surface area contributed by atoms with Crippen LogP contribution in [-0.2, 0) is 5.60 Å². The minimum absolute atomic E-state index is 0.709. The first-order chi connectivity index (χ1) is 8.63. The monoisotopic (exact) mass is 242 g/mol. The van der Waals surface area contributed by atoms with E-state index in [0.717, 1.165) is 18.4 Å². The number of fused-ring (bicyclic) bond motifs is 1. The predicted octanol–water partition coefficient (Wildman–Crippen LogP) is 4.63. The molecule has 0 heterocycles. The lowest BCUT2D eigenvalue weighted by Crippen LogP contribution is -2.20. The van der Waals surface area contributed by atoms with Gasteiger partial charge in [-0.3, -0.25) is 0 Å². The number of hydrogen-bond acceptors (Lipinski definition) is 1. The Labute approximate surface area is 109 Å². The molecule has 0 saturated carbocycles. The van der Waals surface area contributed by atoms with E-state index in [4.69, 9.17) is 0 Å². The Balaban J connectivity index is 2.23. The molecule has 0 aromatic heterocycles. The molecule has 0 spiro atoms. The molecule has 2 aromatic rings. The highest BCUT2D eigenvalue weighted by molar-refractivity contribution is 5.83. The molecule has 1 N–H and O–H groups in total. The smallest absolute Gasteiger partial charge is 0.0868 e. The van der Waals surface area contributed by atoms with Crippen molar-refractivity contribution in [3.8, 4) is 0 Å². The highest BCUT2D eigenvalue weighted by Crippen LogP contribution is 2.29. The van der Waals surface area contributed by atoms with E-state index in [0.29, 0.717) is 0 Å². The number of aliphatic hydroxyl groups is 1. The van der Waals surface area contributed by atoms with Crippen molar-refractivity contribution < 1.29 is 5.11 Å². The van der Waals surface area contributed by atoms with Gasteiger partial charge in [-0.25, -0.2) is 0 Å². The summed E-state index contributed by atoms with van der Waals surface area (Å²) in [5, 5.41) is 13.0. The van der Waals surface area contributed by atoms with Gasteiger partial charge in [-0.1, -0.05) is 62.6 Å². The molecule has 1 atom stereocenters. The van der Waals surface area contributed by atoms with Gasteiger partial charge < -0.3 is 5.11 Å². The Morgan fingerprint density at radius 1 is 1.00 bits per heavy atom. The highest BCUT2D eigenvalue weighted by atomic mass is 16.3. The lowest BCUT2D eigenvalue weighted by molar-refractivity contribution is 0.0451. The molecule has 96 valence electrons. The van der Waals surface area contributed by atoms with Crippen LogP contribution in [0.25, 0.3) is 10.8 Å². The topological polar surface area (TPSA) is 20.2 Å². The van der Waals surface area contributed by atoms with Crippen LogP contribution in [-0.4, -0.2) is 5.11 Å². The highest BCUT2D eigenvalue weighted by Gasteiger charge is 2.22. The number of hydrogen-bond donors (Lipinski definition) is 1. The molecule has 0 bridgehead atoms. The minimum Gasteiger partial charge on any atom is -0.385 e. The quantitative estimate of drug-likeness (QED) is 0.758. The fraction of sp³-hybridized carbons (Fsp3) is 0.412. The Hall–Kier alpha value is -1.34. The SMILES string of the molecule is CCCCCC(C)(O)c1ccc2ccccc2c1. The third-order valence-electron chi connectivity index (χ3n) is 3.64. The van der Waals surface area contributed by atoms with Crippen molar-refractivity contribution in [1.29, 1.82) is 0 Å². The Morgan fingerprint density at radius 3 is 2.44 bits per heavy atom. The molecule has 1 unspecified atom stereocenters. The molecular weight excluding hydrogens is 220 g/mol. The van der Waals surface area contributed by atoms with Gasteiger partial charge >= 0.3 is 0 Å². The van der Waals surface area contributed by atoms with Crippen molar-refractivity contribution in [3.63, 3.8) is 0 Å².